The normalized spacial score (nSPS) is 12.2. The fraction of sp³-hybridized carbons (Fsp3) is 0.316. The zero-order valence-electron chi connectivity index (χ0n) is 15.7. The number of carbonyl (C=O) groups is 1. The summed E-state index contributed by atoms with van der Waals surface area (Å²) in [6.07, 6.45) is -4.66. The average molecular weight is 429 g/mol. The first-order valence-electron chi connectivity index (χ1n) is 8.74. The molecular weight excluding hydrogens is 407 g/mol. The number of halogens is 3. The molecule has 2 aromatic carbocycles. The van der Waals surface area contributed by atoms with E-state index in [1.807, 2.05) is 47.0 Å². The zero-order chi connectivity index (χ0) is 21.5. The second-order valence-corrected chi connectivity index (χ2v) is 8.19. The third-order valence-electron chi connectivity index (χ3n) is 4.01. The maximum Gasteiger partial charge on any atom is 0.416 e. The highest BCUT2D eigenvalue weighted by atomic mass is 32.2. The lowest BCUT2D eigenvalue weighted by molar-refractivity contribution is -0.137. The molecule has 0 aliphatic carbocycles. The molecule has 0 heterocycles. The van der Waals surface area contributed by atoms with Gasteiger partial charge < -0.3 is 10.2 Å². The number of carbonyl (C=O) groups excluding carboxylic acids is 1. The van der Waals surface area contributed by atoms with Gasteiger partial charge in [-0.1, -0.05) is 36.4 Å². The molecule has 1 amide bonds. The molecular formula is C19H22F3N3O3S. The third kappa shape index (κ3) is 7.48. The molecule has 2 aromatic rings. The molecule has 0 saturated heterocycles. The minimum absolute atomic E-state index is 0.299. The Morgan fingerprint density at radius 2 is 1.76 bits per heavy atom. The van der Waals surface area contributed by atoms with E-state index in [0.717, 1.165) is 23.8 Å². The van der Waals surface area contributed by atoms with Crippen LogP contribution >= 0.6 is 0 Å². The molecule has 0 bridgehead atoms. The molecule has 0 saturated carbocycles. The van der Waals surface area contributed by atoms with Crippen molar-refractivity contribution in [1.82, 2.24) is 14.9 Å². The van der Waals surface area contributed by atoms with Crippen LogP contribution in [0.3, 0.4) is 0 Å². The predicted octanol–water partition coefficient (Wildman–Crippen LogP) is 2.23. The fourth-order valence-corrected chi connectivity index (χ4v) is 3.53. The predicted molar refractivity (Wildman–Crippen MR) is 102 cm³/mol. The van der Waals surface area contributed by atoms with Crippen molar-refractivity contribution < 1.29 is 26.4 Å². The van der Waals surface area contributed by atoms with E-state index in [9.17, 15) is 26.4 Å². The Kier molecular flexibility index (Phi) is 7.77. The number of alkyl halides is 3. The molecule has 2 N–H and O–H groups in total. The van der Waals surface area contributed by atoms with E-state index in [1.54, 1.807) is 0 Å². The van der Waals surface area contributed by atoms with Gasteiger partial charge in [0.2, 0.25) is 15.9 Å². The maximum absolute atomic E-state index is 12.7. The highest BCUT2D eigenvalue weighted by molar-refractivity contribution is 7.89. The van der Waals surface area contributed by atoms with Crippen LogP contribution in [0.2, 0.25) is 0 Å². The summed E-state index contributed by atoms with van der Waals surface area (Å²) in [5.74, 6) is -0.575. The molecule has 10 heteroatoms. The lowest BCUT2D eigenvalue weighted by Gasteiger charge is -2.17. The highest BCUT2D eigenvalue weighted by Gasteiger charge is 2.31. The molecule has 0 aliphatic rings. The molecule has 6 nitrogen and oxygen atoms in total. The number of rotatable bonds is 9. The van der Waals surface area contributed by atoms with Gasteiger partial charge in [-0.25, -0.2) is 13.1 Å². The van der Waals surface area contributed by atoms with Crippen molar-refractivity contribution >= 4 is 15.9 Å². The number of hydrogen-bond acceptors (Lipinski definition) is 4. The first kappa shape index (κ1) is 22.9. The first-order chi connectivity index (χ1) is 13.6. The van der Waals surface area contributed by atoms with Crippen LogP contribution in [0.1, 0.15) is 11.1 Å². The van der Waals surface area contributed by atoms with Gasteiger partial charge >= 0.3 is 6.18 Å². The Balaban J connectivity index is 1.79. The second-order valence-electron chi connectivity index (χ2n) is 6.42. The van der Waals surface area contributed by atoms with Crippen molar-refractivity contribution in [2.75, 3.05) is 26.7 Å². The molecule has 0 spiro atoms. The van der Waals surface area contributed by atoms with Gasteiger partial charge in [0.25, 0.3) is 0 Å². The average Bonchev–Trinajstić information content (AvgIpc) is 2.67. The van der Waals surface area contributed by atoms with Gasteiger partial charge in [-0.05, 0) is 30.8 Å². The van der Waals surface area contributed by atoms with Crippen molar-refractivity contribution in [1.29, 1.82) is 0 Å². The summed E-state index contributed by atoms with van der Waals surface area (Å²) < 4.78 is 64.5. The number of hydrogen-bond donors (Lipinski definition) is 2. The topological polar surface area (TPSA) is 78.5 Å². The number of nitrogens with one attached hydrogen (secondary N) is 2. The Bertz CT molecular complexity index is 919. The van der Waals surface area contributed by atoms with E-state index in [-0.39, 0.29) is 0 Å². The van der Waals surface area contributed by atoms with Crippen molar-refractivity contribution in [2.45, 2.75) is 17.6 Å². The van der Waals surface area contributed by atoms with E-state index >= 15 is 0 Å². The van der Waals surface area contributed by atoms with Crippen LogP contribution in [-0.2, 0) is 27.5 Å². The second kappa shape index (κ2) is 9.86. The molecule has 0 radical (unpaired) electrons. The smallest absolute Gasteiger partial charge is 0.354 e. The SMILES string of the molecule is CN(CCNC(=O)CNS(=O)(=O)c1cccc(C(F)(F)F)c1)Cc1ccccc1. The first-order valence-corrected chi connectivity index (χ1v) is 10.2. The lowest BCUT2D eigenvalue weighted by atomic mass is 10.2. The summed E-state index contributed by atoms with van der Waals surface area (Å²) in [6, 6.07) is 13.1. The largest absolute Gasteiger partial charge is 0.416 e. The van der Waals surface area contributed by atoms with E-state index in [0.29, 0.717) is 25.7 Å². The Hall–Kier alpha value is -2.43. The minimum Gasteiger partial charge on any atom is -0.354 e. The van der Waals surface area contributed by atoms with Gasteiger partial charge in [0.05, 0.1) is 17.0 Å². The van der Waals surface area contributed by atoms with Gasteiger partial charge in [-0.15, -0.1) is 0 Å². The molecule has 0 aromatic heterocycles. The maximum atomic E-state index is 12.7. The summed E-state index contributed by atoms with van der Waals surface area (Å²) in [5, 5.41) is 2.57. The summed E-state index contributed by atoms with van der Waals surface area (Å²) in [6.45, 7) is 0.967. The Morgan fingerprint density at radius 1 is 1.07 bits per heavy atom. The van der Waals surface area contributed by atoms with E-state index < -0.39 is 39.1 Å². The van der Waals surface area contributed by atoms with Gasteiger partial charge in [-0.3, -0.25) is 4.79 Å². The molecule has 0 aliphatic heterocycles. The van der Waals surface area contributed by atoms with Crippen LogP contribution in [0.25, 0.3) is 0 Å². The molecule has 0 atom stereocenters. The molecule has 0 fully saturated rings. The summed E-state index contributed by atoms with van der Waals surface area (Å²) in [4.78, 5) is 13.3. The van der Waals surface area contributed by atoms with Crippen LogP contribution in [-0.4, -0.2) is 45.9 Å². The highest BCUT2D eigenvalue weighted by Crippen LogP contribution is 2.30. The fourth-order valence-electron chi connectivity index (χ4n) is 2.51. The van der Waals surface area contributed by atoms with Crippen molar-refractivity contribution in [2.24, 2.45) is 0 Å². The number of nitrogens with zero attached hydrogens (tertiary/aromatic N) is 1. The van der Waals surface area contributed by atoms with Gasteiger partial charge in [0, 0.05) is 19.6 Å². The molecule has 0 unspecified atom stereocenters. The summed E-state index contributed by atoms with van der Waals surface area (Å²) in [7, 11) is -2.36. The van der Waals surface area contributed by atoms with Crippen molar-refractivity contribution in [3.05, 3.63) is 65.7 Å². The van der Waals surface area contributed by atoms with Crippen molar-refractivity contribution in [3.8, 4) is 0 Å². The third-order valence-corrected chi connectivity index (χ3v) is 5.40. The minimum atomic E-state index is -4.66. The van der Waals surface area contributed by atoms with Crippen LogP contribution in [0.4, 0.5) is 13.2 Å². The quantitative estimate of drug-likeness (QED) is 0.641. The standard InChI is InChI=1S/C19H22F3N3O3S/c1-25(14-15-6-3-2-4-7-15)11-10-23-18(26)13-24-29(27,28)17-9-5-8-16(12-17)19(20,21)22/h2-9,12,24H,10-11,13-14H2,1H3,(H,23,26). The van der Waals surface area contributed by atoms with E-state index in [1.165, 1.54) is 0 Å². The number of benzene rings is 2. The Labute approximate surface area is 167 Å². The van der Waals surface area contributed by atoms with Crippen LogP contribution in [0.15, 0.2) is 59.5 Å². The zero-order valence-corrected chi connectivity index (χ0v) is 16.6. The molecule has 29 heavy (non-hydrogen) atoms. The monoisotopic (exact) mass is 429 g/mol. The summed E-state index contributed by atoms with van der Waals surface area (Å²) in [5.41, 5.74) is 0.0430. The van der Waals surface area contributed by atoms with Crippen LogP contribution in [0.5, 0.6) is 0 Å². The lowest BCUT2D eigenvalue weighted by Crippen LogP contribution is -2.39. The molecule has 2 rings (SSSR count). The van der Waals surface area contributed by atoms with Crippen molar-refractivity contribution in [3.63, 3.8) is 0 Å². The number of sulfonamides is 1. The van der Waals surface area contributed by atoms with Crippen LogP contribution < -0.4 is 10.0 Å². The number of likely N-dealkylation sites (N-methyl/N-ethyl adjacent to an activating group) is 1. The van der Waals surface area contributed by atoms with E-state index in [2.05, 4.69) is 5.32 Å². The van der Waals surface area contributed by atoms with Crippen LogP contribution in [0, 0.1) is 0 Å². The Morgan fingerprint density at radius 3 is 2.41 bits per heavy atom. The van der Waals surface area contributed by atoms with Gasteiger partial charge in [0.1, 0.15) is 0 Å². The van der Waals surface area contributed by atoms with Gasteiger partial charge in [0.15, 0.2) is 0 Å². The number of amides is 1. The molecule has 158 valence electrons. The van der Waals surface area contributed by atoms with E-state index in [4.69, 9.17) is 0 Å². The van der Waals surface area contributed by atoms with Gasteiger partial charge in [-0.2, -0.15) is 13.2 Å². The summed E-state index contributed by atoms with van der Waals surface area (Å²) >= 11 is 0.